The van der Waals surface area contributed by atoms with Gasteiger partial charge in [-0.1, -0.05) is 23.2 Å². The van der Waals surface area contributed by atoms with Crippen LogP contribution in [0.4, 0.5) is 10.1 Å². The van der Waals surface area contributed by atoms with E-state index >= 15 is 0 Å². The van der Waals surface area contributed by atoms with E-state index in [-0.39, 0.29) is 21.6 Å². The molecule has 2 N–H and O–H groups in total. The summed E-state index contributed by atoms with van der Waals surface area (Å²) in [6.45, 7) is 1.45. The molecule has 0 aromatic carbocycles. The third kappa shape index (κ3) is 2.49. The van der Waals surface area contributed by atoms with Gasteiger partial charge in [0.1, 0.15) is 10.0 Å². The molecule has 82 valence electrons. The lowest BCUT2D eigenvalue weighted by atomic mass is 10.4. The number of hydrogen-bond acceptors (Lipinski definition) is 4. The van der Waals surface area contributed by atoms with Crippen LogP contribution in [0.2, 0.25) is 10.0 Å². The monoisotopic (exact) mass is 252 g/mol. The van der Waals surface area contributed by atoms with E-state index in [1.807, 2.05) is 0 Å². The van der Waals surface area contributed by atoms with Gasteiger partial charge in [0.05, 0.1) is 5.69 Å². The first kappa shape index (κ1) is 12.0. The molecule has 0 saturated carbocycles. The van der Waals surface area contributed by atoms with Crippen molar-refractivity contribution in [3.05, 3.63) is 16.0 Å². The van der Waals surface area contributed by atoms with Gasteiger partial charge in [-0.25, -0.2) is 0 Å². The summed E-state index contributed by atoms with van der Waals surface area (Å²) in [6.07, 6.45) is -0.282. The molecule has 0 aliphatic heterocycles. The number of nitrogens with zero attached hydrogens (tertiary/aromatic N) is 1. The fraction of sp³-hybridized carbons (Fsp3) is 0.250. The van der Waals surface area contributed by atoms with Gasteiger partial charge in [-0.05, 0) is 6.92 Å². The highest BCUT2D eigenvalue weighted by molar-refractivity contribution is 6.39. The van der Waals surface area contributed by atoms with Crippen LogP contribution in [0.1, 0.15) is 6.92 Å². The molecule has 0 amide bonds. The lowest BCUT2D eigenvalue weighted by molar-refractivity contribution is -0.113. The highest BCUT2D eigenvalue weighted by Crippen LogP contribution is 2.35. The Balaban J connectivity index is 3.14. The molecule has 1 rings (SSSR count). The van der Waals surface area contributed by atoms with E-state index in [1.54, 1.807) is 0 Å². The zero-order chi connectivity index (χ0) is 11.6. The number of carbonyl (C=O) groups is 1. The van der Waals surface area contributed by atoms with Crippen molar-refractivity contribution in [1.82, 2.24) is 4.98 Å². The zero-order valence-electron chi connectivity index (χ0n) is 7.63. The quantitative estimate of drug-likeness (QED) is 0.661. The molecule has 0 radical (unpaired) electrons. The van der Waals surface area contributed by atoms with Crippen molar-refractivity contribution in [3.8, 4) is 5.88 Å². The van der Waals surface area contributed by atoms with Crippen LogP contribution in [0.5, 0.6) is 5.88 Å². The van der Waals surface area contributed by atoms with Gasteiger partial charge < -0.3 is 10.5 Å². The van der Waals surface area contributed by atoms with Crippen molar-refractivity contribution >= 4 is 35.2 Å². The summed E-state index contributed by atoms with van der Waals surface area (Å²) in [5, 5.41) is -0.485. The molecule has 1 aromatic rings. The van der Waals surface area contributed by atoms with Crippen molar-refractivity contribution in [2.24, 2.45) is 0 Å². The highest BCUT2D eigenvalue weighted by atomic mass is 35.5. The molecular formula is C8H7Cl2FN2O2. The van der Waals surface area contributed by atoms with Gasteiger partial charge in [-0.3, -0.25) is 4.79 Å². The Kier molecular flexibility index (Phi) is 3.71. The van der Waals surface area contributed by atoms with E-state index in [1.165, 1.54) is 6.92 Å². The number of hydrogen-bond donors (Lipinski definition) is 1. The molecule has 4 nitrogen and oxygen atoms in total. The predicted molar refractivity (Wildman–Crippen MR) is 54.8 cm³/mol. The molecule has 0 aliphatic rings. The second kappa shape index (κ2) is 4.63. The summed E-state index contributed by atoms with van der Waals surface area (Å²) < 4.78 is 17.9. The maximum atomic E-state index is 13.0. The van der Waals surface area contributed by atoms with Crippen LogP contribution < -0.4 is 10.5 Å². The zero-order valence-corrected chi connectivity index (χ0v) is 9.14. The predicted octanol–water partition coefficient (Wildman–Crippen LogP) is 2.08. The molecule has 0 aliphatic carbocycles. The first-order valence-corrected chi connectivity index (χ1v) is 4.64. The average Bonchev–Trinajstić information content (AvgIpc) is 2.22. The Morgan fingerprint density at radius 1 is 1.53 bits per heavy atom. The molecular weight excluding hydrogens is 246 g/mol. The Labute approximate surface area is 95.1 Å². The fourth-order valence-electron chi connectivity index (χ4n) is 0.792. The minimum atomic E-state index is -0.994. The molecule has 0 fully saturated rings. The van der Waals surface area contributed by atoms with Crippen molar-refractivity contribution < 1.29 is 13.9 Å². The second-order valence-electron chi connectivity index (χ2n) is 2.71. The summed E-state index contributed by atoms with van der Waals surface area (Å²) in [5.74, 6) is -1.25. The molecule has 1 atom stereocenters. The Hall–Kier alpha value is -1.07. The number of halogens is 3. The summed E-state index contributed by atoms with van der Waals surface area (Å²) in [4.78, 5) is 13.6. The Bertz CT molecular complexity index is 401. The number of nitrogen functional groups attached to an aromatic ring is 1. The van der Waals surface area contributed by atoms with E-state index < -0.39 is 12.1 Å². The minimum Gasteiger partial charge on any atom is -0.466 e. The van der Waals surface area contributed by atoms with Crippen LogP contribution in [0, 0.1) is 5.95 Å². The molecule has 0 bridgehead atoms. The first-order chi connectivity index (χ1) is 6.97. The van der Waals surface area contributed by atoms with Crippen LogP contribution in [0.25, 0.3) is 0 Å². The van der Waals surface area contributed by atoms with E-state index in [9.17, 15) is 9.18 Å². The van der Waals surface area contributed by atoms with Gasteiger partial charge in [-0.15, -0.1) is 0 Å². The van der Waals surface area contributed by atoms with Gasteiger partial charge in [0.15, 0.2) is 12.4 Å². The molecule has 15 heavy (non-hydrogen) atoms. The summed E-state index contributed by atoms with van der Waals surface area (Å²) in [7, 11) is 0. The van der Waals surface area contributed by atoms with E-state index in [0.29, 0.717) is 6.29 Å². The lowest BCUT2D eigenvalue weighted by Gasteiger charge is -2.11. The first-order valence-electron chi connectivity index (χ1n) is 3.89. The van der Waals surface area contributed by atoms with Gasteiger partial charge in [0, 0.05) is 0 Å². The molecule has 0 spiro atoms. The van der Waals surface area contributed by atoms with E-state index in [4.69, 9.17) is 33.7 Å². The average molecular weight is 253 g/mol. The van der Waals surface area contributed by atoms with Gasteiger partial charge in [0.25, 0.3) is 0 Å². The number of aromatic nitrogens is 1. The minimum absolute atomic E-state index is 0.116. The number of ether oxygens (including phenoxy) is 1. The number of nitrogens with two attached hydrogens (primary N) is 1. The molecule has 1 aromatic heterocycles. The number of pyridine rings is 1. The molecule has 0 saturated heterocycles. The van der Waals surface area contributed by atoms with Crippen LogP contribution in [-0.4, -0.2) is 17.4 Å². The number of anilines is 1. The number of rotatable bonds is 3. The molecule has 7 heteroatoms. The van der Waals surface area contributed by atoms with Crippen LogP contribution in [-0.2, 0) is 4.79 Å². The van der Waals surface area contributed by atoms with Crippen LogP contribution in [0.15, 0.2) is 0 Å². The van der Waals surface area contributed by atoms with Crippen molar-refractivity contribution in [1.29, 1.82) is 0 Å². The largest absolute Gasteiger partial charge is 0.466 e. The molecule has 1 heterocycles. The van der Waals surface area contributed by atoms with E-state index in [0.717, 1.165) is 0 Å². The molecule has 1 unspecified atom stereocenters. The normalized spacial score (nSPS) is 12.3. The topological polar surface area (TPSA) is 65.2 Å². The fourth-order valence-corrected chi connectivity index (χ4v) is 1.16. The summed E-state index contributed by atoms with van der Waals surface area (Å²) in [6, 6.07) is 0. The maximum Gasteiger partial charge on any atom is 0.238 e. The van der Waals surface area contributed by atoms with Crippen molar-refractivity contribution in [3.63, 3.8) is 0 Å². The van der Waals surface area contributed by atoms with Crippen LogP contribution in [0.3, 0.4) is 0 Å². The second-order valence-corrected chi connectivity index (χ2v) is 3.46. The Morgan fingerprint density at radius 3 is 2.67 bits per heavy atom. The van der Waals surface area contributed by atoms with Crippen LogP contribution >= 0.6 is 23.2 Å². The summed E-state index contributed by atoms with van der Waals surface area (Å²) >= 11 is 11.1. The smallest absolute Gasteiger partial charge is 0.238 e. The number of aldehydes is 1. The SMILES string of the molecule is CC(C=O)Oc1nc(F)c(Cl)c(N)c1Cl. The summed E-state index contributed by atoms with van der Waals surface area (Å²) in [5.41, 5.74) is 5.22. The van der Waals surface area contributed by atoms with E-state index in [2.05, 4.69) is 4.98 Å². The number of carbonyl (C=O) groups excluding carboxylic acids is 1. The van der Waals surface area contributed by atoms with Gasteiger partial charge in [0.2, 0.25) is 11.8 Å². The lowest BCUT2D eigenvalue weighted by Crippen LogP contribution is -2.15. The van der Waals surface area contributed by atoms with Gasteiger partial charge >= 0.3 is 0 Å². The maximum absolute atomic E-state index is 13.0. The van der Waals surface area contributed by atoms with Crippen molar-refractivity contribution in [2.75, 3.05) is 5.73 Å². The highest BCUT2D eigenvalue weighted by Gasteiger charge is 2.17. The van der Waals surface area contributed by atoms with Crippen molar-refractivity contribution in [2.45, 2.75) is 13.0 Å². The van der Waals surface area contributed by atoms with Gasteiger partial charge in [-0.2, -0.15) is 9.37 Å². The third-order valence-electron chi connectivity index (χ3n) is 1.53. The third-order valence-corrected chi connectivity index (χ3v) is 2.26. The Morgan fingerprint density at radius 2 is 2.13 bits per heavy atom. The standard InChI is InChI=1S/C8H7Cl2FN2O2/c1-3(2-14)15-8-5(10)6(12)4(9)7(11)13-8/h2-3H,1H3,(H2,12,13).